The average Bonchev–Trinajstić information content (AvgIpc) is 2.91. The third-order valence-corrected chi connectivity index (χ3v) is 5.92. The van der Waals surface area contributed by atoms with Crippen molar-refractivity contribution in [1.29, 1.82) is 0 Å². The number of fused-ring (bicyclic) bond motifs is 1. The van der Waals surface area contributed by atoms with E-state index in [1.54, 1.807) is 37.1 Å². The number of sulfonamides is 1. The van der Waals surface area contributed by atoms with Crippen molar-refractivity contribution in [2.45, 2.75) is 17.9 Å². The summed E-state index contributed by atoms with van der Waals surface area (Å²) in [6.07, 6.45) is 2.48. The Morgan fingerprint density at radius 1 is 1.23 bits per heavy atom. The summed E-state index contributed by atoms with van der Waals surface area (Å²) in [6, 6.07) is 7.21. The van der Waals surface area contributed by atoms with Crippen LogP contribution in [-0.2, 0) is 30.0 Å². The van der Waals surface area contributed by atoms with Crippen molar-refractivity contribution in [3.63, 3.8) is 0 Å². The van der Waals surface area contributed by atoms with E-state index in [0.29, 0.717) is 10.7 Å². The molecule has 1 aliphatic rings. The maximum atomic E-state index is 13.0. The lowest BCUT2D eigenvalue weighted by molar-refractivity contribution is 0.311. The lowest BCUT2D eigenvalue weighted by atomic mass is 10.0. The van der Waals surface area contributed by atoms with Crippen LogP contribution >= 0.6 is 0 Å². The topological polar surface area (TPSA) is 58.4 Å². The van der Waals surface area contributed by atoms with Gasteiger partial charge in [-0.15, -0.1) is 0 Å². The number of anilines is 1. The maximum Gasteiger partial charge on any atom is 0.265 e. The van der Waals surface area contributed by atoms with Crippen molar-refractivity contribution in [2.24, 2.45) is 7.05 Å². The number of rotatable bonds is 3. The minimum Gasteiger partial charge on any atom is -0.302 e. The van der Waals surface area contributed by atoms with E-state index in [2.05, 4.69) is 10.00 Å². The van der Waals surface area contributed by atoms with Gasteiger partial charge >= 0.3 is 0 Å². The highest BCUT2D eigenvalue weighted by molar-refractivity contribution is 7.92. The van der Waals surface area contributed by atoms with Crippen LogP contribution in [0.1, 0.15) is 11.1 Å². The van der Waals surface area contributed by atoms with Gasteiger partial charge in [-0.2, -0.15) is 5.10 Å². The Hall–Kier alpha value is -1.86. The van der Waals surface area contributed by atoms with E-state index in [-0.39, 0.29) is 0 Å². The number of aryl methyl sites for hydroxylation is 1. The second-order valence-corrected chi connectivity index (χ2v) is 7.64. The first-order chi connectivity index (χ1) is 10.4. The van der Waals surface area contributed by atoms with Crippen molar-refractivity contribution in [1.82, 2.24) is 14.7 Å². The van der Waals surface area contributed by atoms with Crippen molar-refractivity contribution in [3.8, 4) is 0 Å². The van der Waals surface area contributed by atoms with E-state index < -0.39 is 10.0 Å². The number of likely N-dealkylation sites (N-methyl/N-ethyl adjacent to an activating group) is 1. The summed E-state index contributed by atoms with van der Waals surface area (Å²) in [6.45, 7) is 1.65. The molecule has 2 aromatic rings. The van der Waals surface area contributed by atoms with Gasteiger partial charge in [0.05, 0.1) is 4.90 Å². The molecular formula is C15H20N4O2S. The molecule has 0 amide bonds. The summed E-state index contributed by atoms with van der Waals surface area (Å²) in [5, 5.41) is 4.18. The molecule has 0 aliphatic carbocycles. The Balaban J connectivity index is 2.05. The minimum atomic E-state index is -3.60. The monoisotopic (exact) mass is 320 g/mol. The second kappa shape index (κ2) is 5.40. The van der Waals surface area contributed by atoms with E-state index in [9.17, 15) is 8.42 Å². The van der Waals surface area contributed by atoms with Crippen molar-refractivity contribution >= 4 is 15.8 Å². The number of hydrogen-bond donors (Lipinski definition) is 0. The summed E-state index contributed by atoms with van der Waals surface area (Å²) in [5.74, 6) is 0.424. The lowest BCUT2D eigenvalue weighted by Gasteiger charge is -2.27. The van der Waals surface area contributed by atoms with Gasteiger partial charge in [-0.05, 0) is 30.7 Å². The van der Waals surface area contributed by atoms with E-state index in [0.717, 1.165) is 30.6 Å². The van der Waals surface area contributed by atoms with Crippen LogP contribution in [0.25, 0.3) is 0 Å². The zero-order valence-corrected chi connectivity index (χ0v) is 13.8. The van der Waals surface area contributed by atoms with Crippen LogP contribution in [0.4, 0.5) is 5.82 Å². The molecule has 0 unspecified atom stereocenters. The first kappa shape index (κ1) is 15.1. The van der Waals surface area contributed by atoms with E-state index in [1.165, 1.54) is 4.31 Å². The van der Waals surface area contributed by atoms with E-state index >= 15 is 0 Å². The van der Waals surface area contributed by atoms with Crippen LogP contribution in [0, 0.1) is 0 Å². The molecule has 6 nitrogen and oxygen atoms in total. The zero-order valence-electron chi connectivity index (χ0n) is 13.0. The molecule has 0 atom stereocenters. The van der Waals surface area contributed by atoms with Crippen LogP contribution in [0.15, 0.2) is 35.4 Å². The van der Waals surface area contributed by atoms with E-state index in [4.69, 9.17) is 0 Å². The number of hydrogen-bond acceptors (Lipinski definition) is 4. The molecule has 0 spiro atoms. The molecule has 3 rings (SSSR count). The smallest absolute Gasteiger partial charge is 0.265 e. The van der Waals surface area contributed by atoms with E-state index in [1.807, 2.05) is 19.2 Å². The minimum absolute atomic E-state index is 0.395. The summed E-state index contributed by atoms with van der Waals surface area (Å²) in [7, 11) is 1.76. The van der Waals surface area contributed by atoms with Crippen LogP contribution in [-0.4, -0.2) is 43.7 Å². The normalized spacial score (nSPS) is 15.6. The van der Waals surface area contributed by atoms with Gasteiger partial charge in [0, 0.05) is 39.4 Å². The van der Waals surface area contributed by atoms with Crippen LogP contribution in [0.3, 0.4) is 0 Å². The van der Waals surface area contributed by atoms with Gasteiger partial charge in [-0.1, -0.05) is 12.1 Å². The molecule has 118 valence electrons. The number of benzene rings is 1. The maximum absolute atomic E-state index is 13.0. The summed E-state index contributed by atoms with van der Waals surface area (Å²) in [5.41, 5.74) is 2.02. The predicted octanol–water partition coefficient (Wildman–Crippen LogP) is 1.23. The van der Waals surface area contributed by atoms with Gasteiger partial charge < -0.3 is 4.90 Å². The summed E-state index contributed by atoms with van der Waals surface area (Å²) in [4.78, 5) is 2.59. The van der Waals surface area contributed by atoms with Crippen LogP contribution < -0.4 is 4.31 Å². The third-order valence-electron chi connectivity index (χ3n) is 4.07. The SMILES string of the molecule is CN1CCc2c(cccc2S(=O)(=O)N(C)c2ccn(C)n2)C1. The fourth-order valence-electron chi connectivity index (χ4n) is 2.80. The Morgan fingerprint density at radius 2 is 2.00 bits per heavy atom. The van der Waals surface area contributed by atoms with Gasteiger partial charge in [-0.3, -0.25) is 8.99 Å². The molecule has 0 saturated heterocycles. The van der Waals surface area contributed by atoms with Crippen LogP contribution in [0.5, 0.6) is 0 Å². The number of aromatic nitrogens is 2. The fourth-order valence-corrected chi connectivity index (χ4v) is 4.23. The molecule has 0 fully saturated rings. The van der Waals surface area contributed by atoms with Crippen molar-refractivity contribution in [3.05, 3.63) is 41.6 Å². The second-order valence-electron chi connectivity index (χ2n) is 5.70. The first-order valence-electron chi connectivity index (χ1n) is 7.17. The molecule has 1 aromatic heterocycles. The number of nitrogens with zero attached hydrogens (tertiary/aromatic N) is 4. The van der Waals surface area contributed by atoms with Crippen molar-refractivity contribution in [2.75, 3.05) is 24.9 Å². The van der Waals surface area contributed by atoms with Gasteiger partial charge in [-0.25, -0.2) is 8.42 Å². The Morgan fingerprint density at radius 3 is 2.68 bits per heavy atom. The van der Waals surface area contributed by atoms with Crippen molar-refractivity contribution < 1.29 is 8.42 Å². The molecule has 0 N–H and O–H groups in total. The molecular weight excluding hydrogens is 300 g/mol. The average molecular weight is 320 g/mol. The molecule has 1 aromatic carbocycles. The molecule has 0 saturated carbocycles. The first-order valence-corrected chi connectivity index (χ1v) is 8.61. The van der Waals surface area contributed by atoms with Gasteiger partial charge in [0.2, 0.25) is 0 Å². The Bertz CT molecular complexity index is 798. The van der Waals surface area contributed by atoms with Gasteiger partial charge in [0.25, 0.3) is 10.0 Å². The highest BCUT2D eigenvalue weighted by Gasteiger charge is 2.28. The van der Waals surface area contributed by atoms with Crippen LogP contribution in [0.2, 0.25) is 0 Å². The molecule has 0 radical (unpaired) electrons. The highest BCUT2D eigenvalue weighted by Crippen LogP contribution is 2.28. The molecule has 2 heterocycles. The largest absolute Gasteiger partial charge is 0.302 e. The predicted molar refractivity (Wildman–Crippen MR) is 85.3 cm³/mol. The third kappa shape index (κ3) is 2.50. The standard InChI is InChI=1S/C15H20N4O2S/c1-17-9-7-13-12(11-17)5-4-6-14(13)22(20,21)19(3)15-8-10-18(2)16-15/h4-6,8,10H,7,9,11H2,1-3H3. The Labute approximate surface area is 131 Å². The molecule has 22 heavy (non-hydrogen) atoms. The summed E-state index contributed by atoms with van der Waals surface area (Å²) < 4.78 is 28.8. The van der Waals surface area contributed by atoms with Gasteiger partial charge in [0.15, 0.2) is 5.82 Å². The lowest BCUT2D eigenvalue weighted by Crippen LogP contribution is -2.31. The van der Waals surface area contributed by atoms with Gasteiger partial charge in [0.1, 0.15) is 0 Å². The molecule has 1 aliphatic heterocycles. The Kier molecular flexibility index (Phi) is 3.70. The summed E-state index contributed by atoms with van der Waals surface area (Å²) >= 11 is 0. The molecule has 0 bridgehead atoms. The fraction of sp³-hybridized carbons (Fsp3) is 0.400. The zero-order chi connectivity index (χ0) is 15.9. The highest BCUT2D eigenvalue weighted by atomic mass is 32.2. The molecule has 7 heteroatoms. The quantitative estimate of drug-likeness (QED) is 0.853.